The minimum atomic E-state index is -0.0306. The summed E-state index contributed by atoms with van der Waals surface area (Å²) in [5, 5.41) is 14.9. The Morgan fingerprint density at radius 3 is 2.83 bits per heavy atom. The second-order valence-corrected chi connectivity index (χ2v) is 3.98. The quantitative estimate of drug-likeness (QED) is 0.793. The zero-order valence-corrected chi connectivity index (χ0v) is 10.4. The Balaban J connectivity index is 2.64. The summed E-state index contributed by atoms with van der Waals surface area (Å²) >= 11 is 0. The molecule has 0 aliphatic rings. The molecule has 3 heteroatoms. The number of benzene rings is 2. The van der Waals surface area contributed by atoms with Crippen LogP contribution < -0.4 is 10.1 Å². The van der Waals surface area contributed by atoms with Crippen LogP contribution in [-0.4, -0.2) is 18.8 Å². The third-order valence-electron chi connectivity index (χ3n) is 2.93. The lowest BCUT2D eigenvalue weighted by atomic mass is 10.0. The van der Waals surface area contributed by atoms with E-state index in [4.69, 9.17) is 4.74 Å². The molecule has 0 fully saturated rings. The summed E-state index contributed by atoms with van der Waals surface area (Å²) in [6.07, 6.45) is 1.79. The van der Waals surface area contributed by atoms with E-state index >= 15 is 0 Å². The molecule has 0 spiro atoms. The van der Waals surface area contributed by atoms with Crippen molar-refractivity contribution in [2.75, 3.05) is 19.0 Å². The molecule has 0 saturated heterocycles. The fourth-order valence-electron chi connectivity index (χ4n) is 2.10. The number of fused-ring (bicyclic) bond motifs is 1. The summed E-state index contributed by atoms with van der Waals surface area (Å²) in [5.41, 5.74) is 1.77. The van der Waals surface area contributed by atoms with Gasteiger partial charge in [0.25, 0.3) is 0 Å². The molecule has 0 aliphatic carbocycles. The van der Waals surface area contributed by atoms with Gasteiger partial charge in [-0.2, -0.15) is 0 Å². The number of nitrogens with one attached hydrogen (secondary N) is 1. The van der Waals surface area contributed by atoms with Crippen LogP contribution in [0.25, 0.3) is 10.8 Å². The normalized spacial score (nSPS) is 10.3. The van der Waals surface area contributed by atoms with Gasteiger partial charge in [0.1, 0.15) is 5.75 Å². The van der Waals surface area contributed by atoms with Crippen molar-refractivity contribution >= 4 is 16.5 Å². The van der Waals surface area contributed by atoms with Gasteiger partial charge in [-0.1, -0.05) is 24.3 Å². The van der Waals surface area contributed by atoms with Crippen LogP contribution in [0.3, 0.4) is 0 Å². The number of methoxy groups -OCH3 is 1. The first kappa shape index (κ1) is 12.5. The van der Waals surface area contributed by atoms with Crippen molar-refractivity contribution < 1.29 is 9.84 Å². The van der Waals surface area contributed by atoms with Gasteiger partial charge in [0.2, 0.25) is 0 Å². The first-order chi connectivity index (χ1) is 8.81. The van der Waals surface area contributed by atoms with Crippen molar-refractivity contribution in [2.24, 2.45) is 0 Å². The summed E-state index contributed by atoms with van der Waals surface area (Å²) in [4.78, 5) is 0. The van der Waals surface area contributed by atoms with Crippen molar-refractivity contribution in [3.05, 3.63) is 48.6 Å². The minimum absolute atomic E-state index is 0.0306. The van der Waals surface area contributed by atoms with Crippen LogP contribution in [-0.2, 0) is 6.61 Å². The molecular weight excluding hydrogens is 226 g/mol. The Morgan fingerprint density at radius 2 is 2.17 bits per heavy atom. The summed E-state index contributed by atoms with van der Waals surface area (Å²) in [5.74, 6) is 0.777. The molecule has 0 heterocycles. The van der Waals surface area contributed by atoms with Crippen LogP contribution in [0.5, 0.6) is 5.75 Å². The van der Waals surface area contributed by atoms with Crippen molar-refractivity contribution in [2.45, 2.75) is 6.61 Å². The number of ether oxygens (including phenoxy) is 1. The van der Waals surface area contributed by atoms with Gasteiger partial charge < -0.3 is 15.2 Å². The van der Waals surface area contributed by atoms with E-state index in [0.29, 0.717) is 6.54 Å². The topological polar surface area (TPSA) is 41.5 Å². The molecule has 18 heavy (non-hydrogen) atoms. The molecule has 0 aliphatic heterocycles. The Labute approximate surface area is 107 Å². The van der Waals surface area contributed by atoms with Gasteiger partial charge in [0.05, 0.1) is 13.7 Å². The molecule has 2 N–H and O–H groups in total. The minimum Gasteiger partial charge on any atom is -0.496 e. The maximum Gasteiger partial charge on any atom is 0.127 e. The van der Waals surface area contributed by atoms with Gasteiger partial charge in [0.15, 0.2) is 0 Å². The Hall–Kier alpha value is -2.00. The van der Waals surface area contributed by atoms with Crippen molar-refractivity contribution in [3.63, 3.8) is 0 Å². The fourth-order valence-corrected chi connectivity index (χ4v) is 2.10. The molecule has 0 bridgehead atoms. The number of rotatable bonds is 5. The zero-order chi connectivity index (χ0) is 13.0. The van der Waals surface area contributed by atoms with Gasteiger partial charge in [-0.3, -0.25) is 0 Å². The molecular formula is C15H17NO2. The van der Waals surface area contributed by atoms with E-state index in [1.807, 2.05) is 30.3 Å². The first-order valence-electron chi connectivity index (χ1n) is 5.86. The second-order valence-electron chi connectivity index (χ2n) is 3.98. The molecule has 0 unspecified atom stereocenters. The molecule has 0 radical (unpaired) electrons. The van der Waals surface area contributed by atoms with Gasteiger partial charge in [-0.05, 0) is 17.5 Å². The third kappa shape index (κ3) is 2.17. The highest BCUT2D eigenvalue weighted by Crippen LogP contribution is 2.33. The van der Waals surface area contributed by atoms with E-state index in [-0.39, 0.29) is 6.61 Å². The largest absolute Gasteiger partial charge is 0.496 e. The van der Waals surface area contributed by atoms with E-state index in [1.165, 1.54) is 0 Å². The maximum absolute atomic E-state index is 9.61. The van der Waals surface area contributed by atoms with Gasteiger partial charge in [-0.15, -0.1) is 6.58 Å². The van der Waals surface area contributed by atoms with E-state index in [0.717, 1.165) is 27.8 Å². The van der Waals surface area contributed by atoms with Crippen LogP contribution in [0.2, 0.25) is 0 Å². The predicted molar refractivity (Wildman–Crippen MR) is 75.1 cm³/mol. The van der Waals surface area contributed by atoms with Crippen molar-refractivity contribution in [1.82, 2.24) is 0 Å². The van der Waals surface area contributed by atoms with E-state index < -0.39 is 0 Å². The number of hydrogen-bond donors (Lipinski definition) is 2. The van der Waals surface area contributed by atoms with Crippen LogP contribution in [0.1, 0.15) is 5.56 Å². The molecule has 0 atom stereocenters. The monoisotopic (exact) mass is 243 g/mol. The summed E-state index contributed by atoms with van der Waals surface area (Å²) in [7, 11) is 1.64. The van der Waals surface area contributed by atoms with Gasteiger partial charge in [-0.25, -0.2) is 0 Å². The second kappa shape index (κ2) is 5.56. The standard InChI is InChI=1S/C15H17NO2/c1-3-9-16-13-8-7-11-5-4-6-14(18-2)15(11)12(13)10-17/h3-8,16-17H,1,9-10H2,2H3. The molecule has 0 amide bonds. The molecule has 0 aromatic heterocycles. The molecule has 2 aromatic carbocycles. The maximum atomic E-state index is 9.61. The number of anilines is 1. The molecule has 2 rings (SSSR count). The lowest BCUT2D eigenvalue weighted by Gasteiger charge is -2.14. The van der Waals surface area contributed by atoms with E-state index in [2.05, 4.69) is 11.9 Å². The molecule has 2 aromatic rings. The van der Waals surface area contributed by atoms with E-state index in [9.17, 15) is 5.11 Å². The first-order valence-corrected chi connectivity index (χ1v) is 5.86. The van der Waals surface area contributed by atoms with Crippen LogP contribution in [0.15, 0.2) is 43.0 Å². The van der Waals surface area contributed by atoms with E-state index in [1.54, 1.807) is 13.2 Å². The molecule has 94 valence electrons. The lowest BCUT2D eigenvalue weighted by molar-refractivity contribution is 0.283. The summed E-state index contributed by atoms with van der Waals surface area (Å²) in [6, 6.07) is 9.84. The van der Waals surface area contributed by atoms with Crippen LogP contribution >= 0.6 is 0 Å². The fraction of sp³-hybridized carbons (Fsp3) is 0.200. The van der Waals surface area contributed by atoms with Crippen LogP contribution in [0, 0.1) is 0 Å². The SMILES string of the molecule is C=CCNc1ccc2cccc(OC)c2c1CO. The summed E-state index contributed by atoms with van der Waals surface area (Å²) in [6.45, 7) is 4.31. The molecule has 0 saturated carbocycles. The van der Waals surface area contributed by atoms with Crippen molar-refractivity contribution in [3.8, 4) is 5.75 Å². The van der Waals surface area contributed by atoms with Gasteiger partial charge >= 0.3 is 0 Å². The van der Waals surface area contributed by atoms with Gasteiger partial charge in [0, 0.05) is 23.2 Å². The number of aliphatic hydroxyl groups is 1. The average Bonchev–Trinajstić information content (AvgIpc) is 2.43. The highest BCUT2D eigenvalue weighted by Gasteiger charge is 2.10. The number of hydrogen-bond acceptors (Lipinski definition) is 3. The smallest absolute Gasteiger partial charge is 0.127 e. The Bertz CT molecular complexity index is 564. The third-order valence-corrected chi connectivity index (χ3v) is 2.93. The molecule has 3 nitrogen and oxygen atoms in total. The number of aliphatic hydroxyl groups excluding tert-OH is 1. The highest BCUT2D eigenvalue weighted by atomic mass is 16.5. The lowest BCUT2D eigenvalue weighted by Crippen LogP contribution is -2.03. The predicted octanol–water partition coefficient (Wildman–Crippen LogP) is 2.94. The van der Waals surface area contributed by atoms with Crippen molar-refractivity contribution in [1.29, 1.82) is 0 Å². The Kier molecular flexibility index (Phi) is 3.85. The van der Waals surface area contributed by atoms with Crippen LogP contribution in [0.4, 0.5) is 5.69 Å². The highest BCUT2D eigenvalue weighted by molar-refractivity contribution is 5.95. The summed E-state index contributed by atoms with van der Waals surface area (Å²) < 4.78 is 5.37. The zero-order valence-electron chi connectivity index (χ0n) is 10.4. The average molecular weight is 243 g/mol. The Morgan fingerprint density at radius 1 is 1.33 bits per heavy atom.